The fraction of sp³-hybridized carbons (Fsp3) is 0.500. The highest BCUT2D eigenvalue weighted by Crippen LogP contribution is 1.97. The number of aliphatic hydroxyl groups excluding tert-OH is 2. The summed E-state index contributed by atoms with van der Waals surface area (Å²) >= 11 is 0. The van der Waals surface area contributed by atoms with E-state index in [-0.39, 0.29) is 6.29 Å². The van der Waals surface area contributed by atoms with Gasteiger partial charge in [-0.05, 0) is 0 Å². The molecule has 8 nitrogen and oxygen atoms in total. The van der Waals surface area contributed by atoms with Gasteiger partial charge in [-0.25, -0.2) is 0 Å². The first-order valence-electron chi connectivity index (χ1n) is 3.70. The van der Waals surface area contributed by atoms with Crippen molar-refractivity contribution in [3.63, 3.8) is 0 Å². The molecule has 0 aromatic carbocycles. The molecular formula is C6H11NO7S. The van der Waals surface area contributed by atoms with E-state index < -0.39 is 29.1 Å². The predicted octanol–water partition coefficient (Wildman–Crippen LogP) is -2.21. The number of rotatable bonds is 7. The van der Waals surface area contributed by atoms with Crippen molar-refractivity contribution in [3.8, 4) is 0 Å². The molecule has 0 fully saturated rings. The predicted molar refractivity (Wildman–Crippen MR) is 47.9 cm³/mol. The minimum Gasteiger partial charge on any atom is -0.491 e. The lowest BCUT2D eigenvalue weighted by atomic mass is 10.2. The maximum Gasteiger partial charge on any atom is 0.357 e. The topological polar surface area (TPSA) is 133 Å². The largest absolute Gasteiger partial charge is 0.491 e. The van der Waals surface area contributed by atoms with Crippen LogP contribution in [0.3, 0.4) is 0 Å². The van der Waals surface area contributed by atoms with Crippen LogP contribution in [0.2, 0.25) is 0 Å². The minimum absolute atomic E-state index is 0.158. The summed E-state index contributed by atoms with van der Waals surface area (Å²) in [5.74, 6) is 0. The van der Waals surface area contributed by atoms with Crippen LogP contribution in [-0.2, 0) is 19.8 Å². The van der Waals surface area contributed by atoms with Gasteiger partial charge in [0.15, 0.2) is 12.4 Å². The number of hydrogen-bond donors (Lipinski definition) is 4. The van der Waals surface area contributed by atoms with Crippen molar-refractivity contribution in [1.29, 1.82) is 0 Å². The van der Waals surface area contributed by atoms with Crippen LogP contribution in [0.25, 0.3) is 0 Å². The van der Waals surface area contributed by atoms with Crippen LogP contribution in [0.1, 0.15) is 0 Å². The lowest BCUT2D eigenvalue weighted by molar-refractivity contribution is -0.122. The highest BCUT2D eigenvalue weighted by molar-refractivity contribution is 7.83. The second-order valence-corrected chi connectivity index (χ2v) is 3.57. The molecule has 0 aromatic heterocycles. The summed E-state index contributed by atoms with van der Waals surface area (Å²) in [4.78, 5) is 10.1. The van der Waals surface area contributed by atoms with Crippen molar-refractivity contribution in [2.75, 3.05) is 6.61 Å². The molecule has 88 valence electrons. The van der Waals surface area contributed by atoms with E-state index in [1.165, 1.54) is 4.72 Å². The molecule has 15 heavy (non-hydrogen) atoms. The Morgan fingerprint density at radius 2 is 2.07 bits per heavy atom. The molecule has 0 saturated heterocycles. The Kier molecular flexibility index (Phi) is 5.86. The molecule has 0 amide bonds. The Balaban J connectivity index is 4.06. The zero-order chi connectivity index (χ0) is 11.9. The van der Waals surface area contributed by atoms with Gasteiger partial charge in [0.2, 0.25) is 0 Å². The van der Waals surface area contributed by atoms with Gasteiger partial charge in [-0.3, -0.25) is 9.27 Å². The second kappa shape index (κ2) is 6.35. The van der Waals surface area contributed by atoms with Crippen molar-refractivity contribution in [1.82, 2.24) is 4.72 Å². The van der Waals surface area contributed by atoms with Gasteiger partial charge >= 0.3 is 10.3 Å². The van der Waals surface area contributed by atoms with E-state index in [1.54, 1.807) is 0 Å². The summed E-state index contributed by atoms with van der Waals surface area (Å²) in [6.45, 7) is -0.629. The molecule has 0 aromatic rings. The van der Waals surface area contributed by atoms with E-state index in [9.17, 15) is 13.2 Å². The fourth-order valence-corrected chi connectivity index (χ4v) is 0.801. The zero-order valence-electron chi connectivity index (χ0n) is 7.48. The van der Waals surface area contributed by atoms with Gasteiger partial charge < -0.3 is 19.7 Å². The van der Waals surface area contributed by atoms with E-state index in [4.69, 9.17) is 14.8 Å². The molecule has 0 rings (SSSR count). The van der Waals surface area contributed by atoms with E-state index >= 15 is 0 Å². The lowest BCUT2D eigenvalue weighted by Gasteiger charge is -2.15. The van der Waals surface area contributed by atoms with E-state index in [2.05, 4.69) is 4.74 Å². The van der Waals surface area contributed by atoms with E-state index in [0.29, 0.717) is 0 Å². The monoisotopic (exact) mass is 241 g/mol. The van der Waals surface area contributed by atoms with Gasteiger partial charge in [0.25, 0.3) is 0 Å². The molecule has 0 spiro atoms. The molecule has 0 aliphatic heterocycles. The molecule has 9 heteroatoms. The number of carbonyl (C=O) groups is 1. The number of aliphatic hydroxyl groups is 2. The van der Waals surface area contributed by atoms with Crippen molar-refractivity contribution in [2.24, 2.45) is 0 Å². The summed E-state index contributed by atoms with van der Waals surface area (Å²) in [6, 6.07) is 0. The van der Waals surface area contributed by atoms with Crippen molar-refractivity contribution in [3.05, 3.63) is 12.5 Å². The Hall–Kier alpha value is -1.16. The van der Waals surface area contributed by atoms with Crippen LogP contribution in [-0.4, -0.2) is 48.3 Å². The van der Waals surface area contributed by atoms with Crippen LogP contribution in [0.15, 0.2) is 12.5 Å². The number of carbonyl (C=O) groups excluding carboxylic acids is 1. The third kappa shape index (κ3) is 6.85. The number of aldehydes is 1. The molecule has 0 radical (unpaired) electrons. The van der Waals surface area contributed by atoms with Crippen LogP contribution in [0.4, 0.5) is 0 Å². The Bertz CT molecular complexity index is 311. The lowest BCUT2D eigenvalue weighted by Crippen LogP contribution is -2.32. The molecular weight excluding hydrogens is 230 g/mol. The summed E-state index contributed by atoms with van der Waals surface area (Å²) < 4.78 is 34.5. The third-order valence-electron chi connectivity index (χ3n) is 1.24. The smallest absolute Gasteiger partial charge is 0.357 e. The van der Waals surface area contributed by atoms with Crippen LogP contribution in [0, 0.1) is 0 Å². The van der Waals surface area contributed by atoms with Gasteiger partial charge in [0.1, 0.15) is 12.4 Å². The summed E-state index contributed by atoms with van der Waals surface area (Å²) in [5, 5.41) is 17.5. The van der Waals surface area contributed by atoms with Crippen LogP contribution in [0.5, 0.6) is 0 Å². The quantitative estimate of drug-likeness (QED) is 0.225. The molecule has 4 N–H and O–H groups in total. The molecule has 2 atom stereocenters. The third-order valence-corrected chi connectivity index (χ3v) is 1.67. The summed E-state index contributed by atoms with van der Waals surface area (Å²) in [7, 11) is -4.37. The average molecular weight is 241 g/mol. The van der Waals surface area contributed by atoms with Gasteiger partial charge in [0, 0.05) is 6.20 Å². The Morgan fingerprint density at radius 1 is 1.47 bits per heavy atom. The van der Waals surface area contributed by atoms with E-state index in [0.717, 1.165) is 12.5 Å². The Morgan fingerprint density at radius 3 is 2.47 bits per heavy atom. The molecule has 0 aliphatic carbocycles. The van der Waals surface area contributed by atoms with Crippen LogP contribution >= 0.6 is 0 Å². The van der Waals surface area contributed by atoms with Crippen molar-refractivity contribution in [2.45, 2.75) is 12.2 Å². The summed E-state index contributed by atoms with van der Waals surface area (Å²) in [5.41, 5.74) is 0. The minimum atomic E-state index is -4.37. The van der Waals surface area contributed by atoms with Gasteiger partial charge in [-0.2, -0.15) is 8.42 Å². The SMILES string of the molecule is O=CC(O)C(CO)O/C=C/NS(=O)(=O)O. The molecule has 0 bridgehead atoms. The highest BCUT2D eigenvalue weighted by atomic mass is 32.2. The van der Waals surface area contributed by atoms with Gasteiger partial charge in [-0.1, -0.05) is 0 Å². The number of hydrogen-bond acceptors (Lipinski definition) is 6. The van der Waals surface area contributed by atoms with Crippen molar-refractivity contribution < 1.29 is 32.7 Å². The second-order valence-electron chi connectivity index (χ2n) is 2.38. The summed E-state index contributed by atoms with van der Waals surface area (Å²) in [6.07, 6.45) is -1.07. The average Bonchev–Trinajstić information content (AvgIpc) is 2.15. The molecule has 2 unspecified atom stereocenters. The maximum absolute atomic E-state index is 10.1. The first-order valence-corrected chi connectivity index (χ1v) is 5.14. The van der Waals surface area contributed by atoms with Gasteiger partial charge in [0.05, 0.1) is 6.61 Å². The number of nitrogens with one attached hydrogen (secondary N) is 1. The normalized spacial score (nSPS) is 15.9. The van der Waals surface area contributed by atoms with Gasteiger partial charge in [-0.15, -0.1) is 0 Å². The van der Waals surface area contributed by atoms with Crippen LogP contribution < -0.4 is 4.72 Å². The molecule has 0 heterocycles. The number of ether oxygens (including phenoxy) is 1. The standard InChI is InChI=1S/C6H11NO7S/c8-3-5(10)6(4-9)14-2-1-7-15(11,12)13/h1-3,5-7,9-10H,4H2,(H,11,12,13)/b2-1+. The first-order chi connectivity index (χ1) is 6.90. The molecule has 0 aliphatic rings. The highest BCUT2D eigenvalue weighted by Gasteiger charge is 2.17. The first kappa shape index (κ1) is 13.8. The zero-order valence-corrected chi connectivity index (χ0v) is 8.29. The van der Waals surface area contributed by atoms with E-state index in [1.807, 2.05) is 0 Å². The van der Waals surface area contributed by atoms with Crippen molar-refractivity contribution >= 4 is 16.6 Å². The maximum atomic E-state index is 10.1. The molecule has 0 saturated carbocycles. The Labute approximate surface area is 86.1 Å². The fourth-order valence-electron chi connectivity index (χ4n) is 0.573.